The van der Waals surface area contributed by atoms with Gasteiger partial charge in [0.25, 0.3) is 0 Å². The van der Waals surface area contributed by atoms with E-state index in [1.54, 1.807) is 0 Å². The van der Waals surface area contributed by atoms with Crippen LogP contribution in [0.1, 0.15) is 17.5 Å². The molecule has 0 bridgehead atoms. The molecular weight excluding hydrogens is 231 g/mol. The Morgan fingerprint density at radius 3 is 2.24 bits per heavy atom. The average molecular weight is 247 g/mol. The van der Waals surface area contributed by atoms with Crippen LogP contribution in [0.25, 0.3) is 0 Å². The van der Waals surface area contributed by atoms with Gasteiger partial charge in [0, 0.05) is 6.54 Å². The molecule has 0 aliphatic carbocycles. The number of rotatable bonds is 6. The minimum atomic E-state index is -4.14. The zero-order valence-electron chi connectivity index (χ0n) is 9.68. The lowest BCUT2D eigenvalue weighted by Gasteiger charge is -2.07. The lowest BCUT2D eigenvalue weighted by atomic mass is 10.1. The molecule has 0 unspecified atom stereocenters. The average Bonchev–Trinajstić information content (AvgIpc) is 2.26. The van der Waals surface area contributed by atoms with Gasteiger partial charge < -0.3 is 10.1 Å². The summed E-state index contributed by atoms with van der Waals surface area (Å²) < 4.78 is 40.5. The van der Waals surface area contributed by atoms with Crippen LogP contribution in [-0.4, -0.2) is 19.8 Å². The third-order valence-electron chi connectivity index (χ3n) is 2.20. The summed E-state index contributed by atoms with van der Waals surface area (Å²) in [5.41, 5.74) is 2.01. The molecule has 17 heavy (non-hydrogen) atoms. The van der Waals surface area contributed by atoms with Gasteiger partial charge in [-0.05, 0) is 18.2 Å². The zero-order chi connectivity index (χ0) is 12.7. The van der Waals surface area contributed by atoms with Gasteiger partial charge in [0.15, 0.2) is 0 Å². The fourth-order valence-corrected chi connectivity index (χ4v) is 1.34. The van der Waals surface area contributed by atoms with E-state index in [-0.39, 0.29) is 13.2 Å². The van der Waals surface area contributed by atoms with E-state index in [9.17, 15) is 13.2 Å². The summed E-state index contributed by atoms with van der Waals surface area (Å²) in [4.78, 5) is 0. The second kappa shape index (κ2) is 6.61. The van der Waals surface area contributed by atoms with Gasteiger partial charge in [0.1, 0.15) is 0 Å². The molecule has 0 aliphatic rings. The lowest BCUT2D eigenvalue weighted by Crippen LogP contribution is -2.11. The highest BCUT2D eigenvalue weighted by molar-refractivity contribution is 5.21. The first-order valence-electron chi connectivity index (χ1n) is 5.38. The molecule has 0 heterocycles. The summed E-state index contributed by atoms with van der Waals surface area (Å²) in [7, 11) is 1.86. The number of nitrogens with one attached hydrogen (secondary N) is 1. The third kappa shape index (κ3) is 6.28. The first-order valence-corrected chi connectivity index (χ1v) is 5.38. The Kier molecular flexibility index (Phi) is 5.44. The van der Waals surface area contributed by atoms with Crippen molar-refractivity contribution in [3.05, 3.63) is 35.4 Å². The normalized spacial score (nSPS) is 11.8. The van der Waals surface area contributed by atoms with Crippen molar-refractivity contribution in [3.8, 4) is 0 Å². The van der Waals surface area contributed by atoms with Crippen LogP contribution in [0.2, 0.25) is 0 Å². The molecule has 1 aromatic rings. The Hall–Kier alpha value is -1.07. The van der Waals surface area contributed by atoms with E-state index in [4.69, 9.17) is 4.74 Å². The molecular formula is C12H16F3NO. The Balaban J connectivity index is 2.27. The van der Waals surface area contributed by atoms with E-state index in [1.807, 2.05) is 31.3 Å². The van der Waals surface area contributed by atoms with Gasteiger partial charge in [0.05, 0.1) is 19.6 Å². The molecule has 0 saturated heterocycles. The third-order valence-corrected chi connectivity index (χ3v) is 2.20. The summed E-state index contributed by atoms with van der Waals surface area (Å²) in [6.45, 7) is 0.701. The van der Waals surface area contributed by atoms with E-state index < -0.39 is 12.6 Å². The molecule has 0 amide bonds. The van der Waals surface area contributed by atoms with Crippen molar-refractivity contribution in [2.24, 2.45) is 0 Å². The quantitative estimate of drug-likeness (QED) is 0.780. The van der Waals surface area contributed by atoms with E-state index >= 15 is 0 Å². The van der Waals surface area contributed by atoms with Crippen molar-refractivity contribution in [1.29, 1.82) is 0 Å². The van der Waals surface area contributed by atoms with Crippen LogP contribution in [0.4, 0.5) is 13.2 Å². The smallest absolute Gasteiger partial charge is 0.376 e. The Morgan fingerprint density at radius 1 is 1.12 bits per heavy atom. The lowest BCUT2D eigenvalue weighted by molar-refractivity contribution is -0.146. The van der Waals surface area contributed by atoms with Crippen LogP contribution in [0, 0.1) is 0 Å². The Morgan fingerprint density at radius 2 is 1.71 bits per heavy atom. The number of halogens is 3. The van der Waals surface area contributed by atoms with Gasteiger partial charge in [-0.1, -0.05) is 24.3 Å². The van der Waals surface area contributed by atoms with Crippen molar-refractivity contribution in [3.63, 3.8) is 0 Å². The van der Waals surface area contributed by atoms with Gasteiger partial charge in [-0.3, -0.25) is 0 Å². The first kappa shape index (κ1) is 14.0. The number of alkyl halides is 3. The van der Waals surface area contributed by atoms with Crippen LogP contribution >= 0.6 is 0 Å². The Labute approximate surface area is 98.8 Å². The van der Waals surface area contributed by atoms with E-state index in [2.05, 4.69) is 5.32 Å². The van der Waals surface area contributed by atoms with Gasteiger partial charge >= 0.3 is 6.18 Å². The van der Waals surface area contributed by atoms with Crippen LogP contribution < -0.4 is 5.32 Å². The molecule has 0 radical (unpaired) electrons. The predicted molar refractivity (Wildman–Crippen MR) is 59.5 cm³/mol. The molecule has 2 nitrogen and oxygen atoms in total. The maximum absolute atomic E-state index is 11.8. The van der Waals surface area contributed by atoms with Crippen LogP contribution in [0.15, 0.2) is 24.3 Å². The Bertz CT molecular complexity index is 322. The number of hydrogen-bond donors (Lipinski definition) is 1. The van der Waals surface area contributed by atoms with Crippen molar-refractivity contribution in [2.75, 3.05) is 13.7 Å². The zero-order valence-corrected chi connectivity index (χ0v) is 9.68. The van der Waals surface area contributed by atoms with E-state index in [0.29, 0.717) is 0 Å². The summed E-state index contributed by atoms with van der Waals surface area (Å²) in [5.74, 6) is 0. The molecule has 0 spiro atoms. The molecule has 0 fully saturated rings. The molecule has 5 heteroatoms. The topological polar surface area (TPSA) is 21.3 Å². The molecule has 0 aromatic heterocycles. The van der Waals surface area contributed by atoms with Crippen molar-refractivity contribution < 1.29 is 17.9 Å². The fraction of sp³-hybridized carbons (Fsp3) is 0.500. The summed E-state index contributed by atoms with van der Waals surface area (Å²) in [6, 6.07) is 7.58. The van der Waals surface area contributed by atoms with Crippen LogP contribution in [-0.2, 0) is 17.9 Å². The second-order valence-corrected chi connectivity index (χ2v) is 3.76. The van der Waals surface area contributed by atoms with E-state index in [0.717, 1.165) is 17.7 Å². The first-order chi connectivity index (χ1) is 8.01. The van der Waals surface area contributed by atoms with Gasteiger partial charge in [-0.25, -0.2) is 0 Å². The predicted octanol–water partition coefficient (Wildman–Crippen LogP) is 2.88. The van der Waals surface area contributed by atoms with E-state index in [1.165, 1.54) is 0 Å². The van der Waals surface area contributed by atoms with Crippen LogP contribution in [0.3, 0.4) is 0 Å². The van der Waals surface area contributed by atoms with Gasteiger partial charge in [0.2, 0.25) is 0 Å². The summed E-state index contributed by atoms with van der Waals surface area (Å²) >= 11 is 0. The highest BCUT2D eigenvalue weighted by atomic mass is 19.4. The second-order valence-electron chi connectivity index (χ2n) is 3.76. The fourth-order valence-electron chi connectivity index (χ4n) is 1.34. The standard InChI is InChI=1S/C12H16F3NO/c1-16-8-10-2-4-11(5-3-10)9-17-7-6-12(13,14)15/h2-5,16H,6-9H2,1H3. The monoisotopic (exact) mass is 247 g/mol. The highest BCUT2D eigenvalue weighted by Crippen LogP contribution is 2.19. The molecule has 1 N–H and O–H groups in total. The van der Waals surface area contributed by atoms with Crippen molar-refractivity contribution >= 4 is 0 Å². The highest BCUT2D eigenvalue weighted by Gasteiger charge is 2.26. The minimum Gasteiger partial charge on any atom is -0.376 e. The maximum Gasteiger partial charge on any atom is 0.391 e. The maximum atomic E-state index is 11.8. The molecule has 1 rings (SSSR count). The molecule has 0 atom stereocenters. The van der Waals surface area contributed by atoms with Crippen LogP contribution in [0.5, 0.6) is 0 Å². The number of benzene rings is 1. The molecule has 96 valence electrons. The SMILES string of the molecule is CNCc1ccc(COCCC(F)(F)F)cc1. The van der Waals surface area contributed by atoms with Crippen molar-refractivity contribution in [1.82, 2.24) is 5.32 Å². The molecule has 1 aromatic carbocycles. The summed E-state index contributed by atoms with van der Waals surface area (Å²) in [6.07, 6.45) is -5.04. The molecule has 0 saturated carbocycles. The van der Waals surface area contributed by atoms with Gasteiger partial charge in [-0.15, -0.1) is 0 Å². The molecule has 0 aliphatic heterocycles. The van der Waals surface area contributed by atoms with Gasteiger partial charge in [-0.2, -0.15) is 13.2 Å². The number of ether oxygens (including phenoxy) is 1. The minimum absolute atomic E-state index is 0.218. The summed E-state index contributed by atoms with van der Waals surface area (Å²) in [5, 5.41) is 3.02. The number of hydrogen-bond acceptors (Lipinski definition) is 2. The largest absolute Gasteiger partial charge is 0.391 e. The van der Waals surface area contributed by atoms with Crippen molar-refractivity contribution in [2.45, 2.75) is 25.7 Å².